The fourth-order valence-electron chi connectivity index (χ4n) is 2.85. The van der Waals surface area contributed by atoms with Gasteiger partial charge in [-0.3, -0.25) is 9.88 Å². The fraction of sp³-hybridized carbons (Fsp3) is 0.667. The quantitative estimate of drug-likeness (QED) is 0.889. The van der Waals surface area contributed by atoms with Crippen LogP contribution >= 0.6 is 0 Å². The van der Waals surface area contributed by atoms with Gasteiger partial charge in [-0.2, -0.15) is 0 Å². The van der Waals surface area contributed by atoms with Crippen LogP contribution in [-0.4, -0.2) is 35.1 Å². The van der Waals surface area contributed by atoms with Crippen LogP contribution < -0.4 is 5.32 Å². The van der Waals surface area contributed by atoms with Crippen LogP contribution in [0.5, 0.6) is 0 Å². The Bertz CT molecular complexity index is 363. The maximum absolute atomic E-state index is 4.11. The SMILES string of the molecule is CC1CN(C(C)c2ccncc2)C(C(C)C)CN1. The fourth-order valence-corrected chi connectivity index (χ4v) is 2.85. The Hall–Kier alpha value is -0.930. The summed E-state index contributed by atoms with van der Waals surface area (Å²) in [4.78, 5) is 6.75. The molecule has 1 aliphatic heterocycles. The topological polar surface area (TPSA) is 28.2 Å². The van der Waals surface area contributed by atoms with Crippen molar-refractivity contribution in [3.63, 3.8) is 0 Å². The van der Waals surface area contributed by atoms with Crippen LogP contribution in [0.2, 0.25) is 0 Å². The van der Waals surface area contributed by atoms with Crippen LogP contribution in [0.25, 0.3) is 0 Å². The Kier molecular flexibility index (Phi) is 4.36. The molecule has 3 nitrogen and oxygen atoms in total. The number of hydrogen-bond acceptors (Lipinski definition) is 3. The number of nitrogens with zero attached hydrogens (tertiary/aromatic N) is 2. The van der Waals surface area contributed by atoms with E-state index in [1.54, 1.807) is 0 Å². The van der Waals surface area contributed by atoms with Crippen molar-refractivity contribution in [2.45, 2.75) is 45.8 Å². The van der Waals surface area contributed by atoms with E-state index in [0.717, 1.165) is 13.1 Å². The predicted octanol–water partition coefficient (Wildman–Crippen LogP) is 2.46. The molecule has 1 fully saturated rings. The second-order valence-corrected chi connectivity index (χ2v) is 5.77. The summed E-state index contributed by atoms with van der Waals surface area (Å²) < 4.78 is 0. The Morgan fingerprint density at radius 3 is 2.56 bits per heavy atom. The molecule has 0 spiro atoms. The first kappa shape index (κ1) is 13.5. The van der Waals surface area contributed by atoms with Crippen molar-refractivity contribution in [2.75, 3.05) is 13.1 Å². The standard InChI is InChI=1S/C15H25N3/c1-11(2)15-9-17-12(3)10-18(15)13(4)14-5-7-16-8-6-14/h5-8,11-13,15,17H,9-10H2,1-4H3. The maximum atomic E-state index is 4.11. The molecule has 1 aromatic heterocycles. The van der Waals surface area contributed by atoms with Crippen LogP contribution in [0, 0.1) is 5.92 Å². The van der Waals surface area contributed by atoms with Crippen molar-refractivity contribution < 1.29 is 0 Å². The minimum absolute atomic E-state index is 0.463. The summed E-state index contributed by atoms with van der Waals surface area (Å²) in [5, 5.41) is 3.60. The molecule has 1 saturated heterocycles. The van der Waals surface area contributed by atoms with Gasteiger partial charge in [0.2, 0.25) is 0 Å². The Morgan fingerprint density at radius 1 is 1.28 bits per heavy atom. The molecule has 0 saturated carbocycles. The molecular formula is C15H25N3. The van der Waals surface area contributed by atoms with Crippen molar-refractivity contribution >= 4 is 0 Å². The van der Waals surface area contributed by atoms with Crippen LogP contribution in [-0.2, 0) is 0 Å². The van der Waals surface area contributed by atoms with Crippen LogP contribution in [0.4, 0.5) is 0 Å². The van der Waals surface area contributed by atoms with Crippen LogP contribution in [0.3, 0.4) is 0 Å². The van der Waals surface area contributed by atoms with E-state index < -0.39 is 0 Å². The van der Waals surface area contributed by atoms with E-state index in [-0.39, 0.29) is 0 Å². The second kappa shape index (κ2) is 5.81. The molecule has 2 rings (SSSR count). The first-order chi connectivity index (χ1) is 8.59. The lowest BCUT2D eigenvalue weighted by Crippen LogP contribution is -2.57. The zero-order chi connectivity index (χ0) is 13.1. The molecule has 1 aliphatic rings. The second-order valence-electron chi connectivity index (χ2n) is 5.77. The molecule has 0 bridgehead atoms. The van der Waals surface area contributed by atoms with E-state index in [4.69, 9.17) is 0 Å². The predicted molar refractivity (Wildman–Crippen MR) is 75.4 cm³/mol. The normalized spacial score (nSPS) is 27.4. The van der Waals surface area contributed by atoms with Gasteiger partial charge >= 0.3 is 0 Å². The van der Waals surface area contributed by atoms with Gasteiger partial charge in [-0.1, -0.05) is 13.8 Å². The first-order valence-corrected chi connectivity index (χ1v) is 6.98. The minimum Gasteiger partial charge on any atom is -0.311 e. The summed E-state index contributed by atoms with van der Waals surface area (Å²) in [6.07, 6.45) is 3.78. The number of nitrogens with one attached hydrogen (secondary N) is 1. The summed E-state index contributed by atoms with van der Waals surface area (Å²) in [5.74, 6) is 0.675. The summed E-state index contributed by atoms with van der Waals surface area (Å²) in [5.41, 5.74) is 1.37. The van der Waals surface area contributed by atoms with Gasteiger partial charge in [0, 0.05) is 43.6 Å². The lowest BCUT2D eigenvalue weighted by Gasteiger charge is -2.45. The third-order valence-corrected chi connectivity index (χ3v) is 4.04. The molecule has 3 heteroatoms. The molecule has 1 N–H and O–H groups in total. The zero-order valence-electron chi connectivity index (χ0n) is 11.9. The Balaban J connectivity index is 2.17. The molecule has 0 aliphatic carbocycles. The average Bonchev–Trinajstić information content (AvgIpc) is 2.38. The third-order valence-electron chi connectivity index (χ3n) is 4.04. The van der Waals surface area contributed by atoms with Gasteiger partial charge in [0.05, 0.1) is 0 Å². The van der Waals surface area contributed by atoms with E-state index in [9.17, 15) is 0 Å². The summed E-state index contributed by atoms with van der Waals surface area (Å²) in [7, 11) is 0. The molecule has 0 radical (unpaired) electrons. The maximum Gasteiger partial charge on any atom is 0.0325 e. The summed E-state index contributed by atoms with van der Waals surface area (Å²) >= 11 is 0. The molecule has 0 aromatic carbocycles. The minimum atomic E-state index is 0.463. The third kappa shape index (κ3) is 2.90. The molecule has 0 amide bonds. The highest BCUT2D eigenvalue weighted by molar-refractivity contribution is 5.15. The van der Waals surface area contributed by atoms with Crippen molar-refractivity contribution in [3.05, 3.63) is 30.1 Å². The smallest absolute Gasteiger partial charge is 0.0325 e. The number of piperazine rings is 1. The highest BCUT2D eigenvalue weighted by Crippen LogP contribution is 2.27. The van der Waals surface area contributed by atoms with E-state index in [2.05, 4.69) is 55.0 Å². The van der Waals surface area contributed by atoms with E-state index in [1.807, 2.05) is 12.4 Å². The molecule has 2 heterocycles. The molecule has 100 valence electrons. The highest BCUT2D eigenvalue weighted by Gasteiger charge is 2.31. The van der Waals surface area contributed by atoms with Crippen LogP contribution in [0.1, 0.15) is 39.3 Å². The number of hydrogen-bond donors (Lipinski definition) is 1. The average molecular weight is 247 g/mol. The van der Waals surface area contributed by atoms with E-state index >= 15 is 0 Å². The van der Waals surface area contributed by atoms with Crippen molar-refractivity contribution in [2.24, 2.45) is 5.92 Å². The summed E-state index contributed by atoms with van der Waals surface area (Å²) in [6.45, 7) is 11.4. The largest absolute Gasteiger partial charge is 0.311 e. The number of aromatic nitrogens is 1. The molecule has 18 heavy (non-hydrogen) atoms. The van der Waals surface area contributed by atoms with Gasteiger partial charge in [0.25, 0.3) is 0 Å². The summed E-state index contributed by atoms with van der Waals surface area (Å²) in [6, 6.07) is 5.92. The van der Waals surface area contributed by atoms with Crippen molar-refractivity contribution in [1.82, 2.24) is 15.2 Å². The van der Waals surface area contributed by atoms with Gasteiger partial charge in [-0.25, -0.2) is 0 Å². The molecule has 3 atom stereocenters. The molecule has 3 unspecified atom stereocenters. The Morgan fingerprint density at radius 2 is 1.94 bits per heavy atom. The number of pyridine rings is 1. The van der Waals surface area contributed by atoms with Crippen molar-refractivity contribution in [3.8, 4) is 0 Å². The van der Waals surface area contributed by atoms with E-state index in [0.29, 0.717) is 24.0 Å². The Labute approximate surface area is 111 Å². The monoisotopic (exact) mass is 247 g/mol. The zero-order valence-corrected chi connectivity index (χ0v) is 11.9. The van der Waals surface area contributed by atoms with Gasteiger partial charge in [0.1, 0.15) is 0 Å². The highest BCUT2D eigenvalue weighted by atomic mass is 15.3. The van der Waals surface area contributed by atoms with Gasteiger partial charge in [-0.05, 0) is 37.5 Å². The molecule has 1 aromatic rings. The lowest BCUT2D eigenvalue weighted by atomic mass is 9.95. The van der Waals surface area contributed by atoms with Gasteiger partial charge in [-0.15, -0.1) is 0 Å². The van der Waals surface area contributed by atoms with Crippen molar-refractivity contribution in [1.29, 1.82) is 0 Å². The first-order valence-electron chi connectivity index (χ1n) is 6.98. The molecular weight excluding hydrogens is 222 g/mol. The van der Waals surface area contributed by atoms with Gasteiger partial charge in [0.15, 0.2) is 0 Å². The van der Waals surface area contributed by atoms with E-state index in [1.165, 1.54) is 5.56 Å². The van der Waals surface area contributed by atoms with Crippen LogP contribution in [0.15, 0.2) is 24.5 Å². The van der Waals surface area contributed by atoms with Gasteiger partial charge < -0.3 is 5.32 Å². The number of rotatable bonds is 3. The lowest BCUT2D eigenvalue weighted by molar-refractivity contribution is 0.0657.